The van der Waals surface area contributed by atoms with Crippen molar-refractivity contribution < 1.29 is 46.5 Å². The monoisotopic (exact) mass is 904 g/mol. The average molecular weight is 905 g/mol. The highest BCUT2D eigenvalue weighted by Crippen LogP contribution is 2.47. The molecular formula is C47H64N6O10S. The number of alkyl carbamates (subject to hydrolysis) is 1. The summed E-state index contributed by atoms with van der Waals surface area (Å²) in [5.74, 6) is -1.22. The predicted octanol–water partition coefficient (Wildman–Crippen LogP) is 4.53. The first-order valence-electron chi connectivity index (χ1n) is 23.7. The van der Waals surface area contributed by atoms with Crippen LogP contribution in [0.3, 0.4) is 0 Å². The molecule has 9 rings (SSSR count). The first-order valence-corrected chi connectivity index (χ1v) is 25.2. The molecule has 2 aromatic rings. The minimum absolute atomic E-state index is 0.000444. The number of nitrogens with one attached hydrogen (secondary N) is 3. The lowest BCUT2D eigenvalue weighted by Gasteiger charge is -2.34. The summed E-state index contributed by atoms with van der Waals surface area (Å²) in [6.45, 7) is 9.68. The number of benzene rings is 1. The van der Waals surface area contributed by atoms with Gasteiger partial charge in [0.25, 0.3) is 5.91 Å². The summed E-state index contributed by atoms with van der Waals surface area (Å²) in [5, 5.41) is 6.74. The molecule has 6 fully saturated rings. The number of carbonyl (C=O) groups excluding carboxylic acids is 4. The lowest BCUT2D eigenvalue weighted by atomic mass is 9.83. The number of rotatable bonds is 11. The topological polar surface area (TPSA) is 195 Å². The van der Waals surface area contributed by atoms with Gasteiger partial charge >= 0.3 is 6.09 Å². The Morgan fingerprint density at radius 2 is 1.73 bits per heavy atom. The average Bonchev–Trinajstić information content (AvgIpc) is 4.25. The van der Waals surface area contributed by atoms with E-state index in [1.807, 2.05) is 24.3 Å². The maximum absolute atomic E-state index is 15.1. The normalized spacial score (nSPS) is 31.1. The van der Waals surface area contributed by atoms with Gasteiger partial charge in [-0.1, -0.05) is 50.3 Å². The van der Waals surface area contributed by atoms with Gasteiger partial charge in [-0.25, -0.2) is 18.2 Å². The van der Waals surface area contributed by atoms with Gasteiger partial charge in [-0.05, 0) is 88.7 Å². The third-order valence-corrected chi connectivity index (χ3v) is 17.1. The van der Waals surface area contributed by atoms with Crippen LogP contribution in [-0.2, 0) is 40.3 Å². The van der Waals surface area contributed by atoms with Crippen LogP contribution in [0, 0.1) is 17.8 Å². The number of pyridine rings is 1. The first kappa shape index (κ1) is 44.7. The molecule has 0 spiro atoms. The van der Waals surface area contributed by atoms with Gasteiger partial charge in [-0.3, -0.25) is 24.0 Å². The minimum Gasteiger partial charge on any atom is -0.491 e. The van der Waals surface area contributed by atoms with Crippen molar-refractivity contribution in [2.45, 2.75) is 138 Å². The van der Waals surface area contributed by atoms with Gasteiger partial charge in [0.15, 0.2) is 0 Å². The lowest BCUT2D eigenvalue weighted by molar-refractivity contribution is -0.142. The van der Waals surface area contributed by atoms with Crippen molar-refractivity contribution in [3.8, 4) is 11.6 Å². The number of ether oxygens (including phenoxy) is 4. The van der Waals surface area contributed by atoms with Crippen molar-refractivity contribution in [2.75, 3.05) is 46.0 Å². The SMILES string of the molecule is C=C[C@H]1C[C@]1(NC(=O)[C@@H]1C[C@@H]2CN1C(=O)[C@H](C1CCCCC1)NC(=O)O[C@@H]1C[C@H]1CCCCCc1c(nc3ccccc3c1OCCN1CCOCC1)O2)C(=O)NS(=O)(=O)C1(C)CC1. The number of morpholine rings is 1. The second kappa shape index (κ2) is 18.4. The number of para-hydroxylation sites is 1. The summed E-state index contributed by atoms with van der Waals surface area (Å²) in [5.41, 5.74) is -0.0407. The van der Waals surface area contributed by atoms with Crippen LogP contribution in [0.5, 0.6) is 11.6 Å². The third kappa shape index (κ3) is 9.44. The Morgan fingerprint density at radius 1 is 1.00 bits per heavy atom. The number of fused-ring (bicyclic) bond motifs is 5. The number of hydrogen-bond donors (Lipinski definition) is 3. The van der Waals surface area contributed by atoms with Crippen molar-refractivity contribution in [3.05, 3.63) is 42.5 Å². The van der Waals surface area contributed by atoms with Crippen LogP contribution in [0.2, 0.25) is 0 Å². The highest BCUT2D eigenvalue weighted by molar-refractivity contribution is 7.91. The maximum atomic E-state index is 15.1. The fourth-order valence-corrected chi connectivity index (χ4v) is 11.6. The van der Waals surface area contributed by atoms with Crippen molar-refractivity contribution in [2.24, 2.45) is 17.8 Å². The molecule has 348 valence electrons. The van der Waals surface area contributed by atoms with Crippen molar-refractivity contribution in [1.29, 1.82) is 0 Å². The van der Waals surface area contributed by atoms with E-state index in [1.54, 1.807) is 13.0 Å². The van der Waals surface area contributed by atoms with Gasteiger partial charge in [0.2, 0.25) is 27.7 Å². The summed E-state index contributed by atoms with van der Waals surface area (Å²) in [6.07, 6.45) is 10.4. The van der Waals surface area contributed by atoms with E-state index in [0.717, 1.165) is 94.8 Å². The number of carbonyl (C=O) groups is 4. The van der Waals surface area contributed by atoms with E-state index in [0.29, 0.717) is 56.2 Å². The van der Waals surface area contributed by atoms with Gasteiger partial charge in [-0.15, -0.1) is 6.58 Å². The molecule has 16 nitrogen and oxygen atoms in total. The molecule has 1 aromatic heterocycles. The molecule has 64 heavy (non-hydrogen) atoms. The third-order valence-electron chi connectivity index (χ3n) is 14.9. The Hall–Kier alpha value is -4.48. The zero-order valence-electron chi connectivity index (χ0n) is 37.0. The van der Waals surface area contributed by atoms with Gasteiger partial charge in [0.05, 0.1) is 35.6 Å². The van der Waals surface area contributed by atoms with E-state index in [-0.39, 0.29) is 37.3 Å². The summed E-state index contributed by atoms with van der Waals surface area (Å²) >= 11 is 0. The molecule has 4 amide bonds. The van der Waals surface area contributed by atoms with Crippen LogP contribution in [0.1, 0.15) is 102 Å². The van der Waals surface area contributed by atoms with Crippen LogP contribution in [0.25, 0.3) is 10.9 Å². The molecule has 4 heterocycles. The summed E-state index contributed by atoms with van der Waals surface area (Å²) in [7, 11) is -4.01. The standard InChI is InChI=1S/C47H64N6O10S/c1-3-32-28-47(32,44(56)51-64(58,59)46(2)18-19-46)50-41(54)37-27-33-29-53(37)43(55)39(30-12-6-4-7-13-30)49-45(57)63-38-26-31(38)14-8-5-9-16-35-40(61-25-22-52-20-23-60-24-21-52)34-15-10-11-17-36(34)48-42(35)62-33/h3,10-11,15,17,30-33,37-39H,1,4-9,12-14,16,18-29H2,2H3,(H,49,57)(H,50,54)(H,51,56)/t31-,32+,33-,37+,38-,39+,47-/m1/s1. The maximum Gasteiger partial charge on any atom is 0.408 e. The van der Waals surface area contributed by atoms with E-state index < -0.39 is 68.2 Å². The van der Waals surface area contributed by atoms with Crippen LogP contribution in [0.15, 0.2) is 36.9 Å². The van der Waals surface area contributed by atoms with Crippen molar-refractivity contribution in [3.63, 3.8) is 0 Å². The highest BCUT2D eigenvalue weighted by Gasteiger charge is 2.63. The molecule has 7 aliphatic rings. The second-order valence-electron chi connectivity index (χ2n) is 19.5. The molecule has 3 aliphatic heterocycles. The Bertz CT molecular complexity index is 2220. The molecule has 1 aromatic carbocycles. The molecule has 0 unspecified atom stereocenters. The smallest absolute Gasteiger partial charge is 0.408 e. The van der Waals surface area contributed by atoms with Gasteiger partial charge in [0.1, 0.15) is 42.2 Å². The zero-order valence-corrected chi connectivity index (χ0v) is 37.8. The van der Waals surface area contributed by atoms with Crippen molar-refractivity contribution in [1.82, 2.24) is 30.1 Å². The fraction of sp³-hybridized carbons (Fsp3) is 0.681. The Morgan fingerprint density at radius 3 is 2.47 bits per heavy atom. The Labute approximate surface area is 376 Å². The largest absolute Gasteiger partial charge is 0.491 e. The number of aromatic nitrogens is 1. The van der Waals surface area contributed by atoms with Crippen molar-refractivity contribution >= 4 is 44.7 Å². The lowest BCUT2D eigenvalue weighted by Crippen LogP contribution is -2.59. The molecule has 7 atom stereocenters. The molecular weight excluding hydrogens is 841 g/mol. The van der Waals surface area contributed by atoms with Crippen LogP contribution in [-0.4, -0.2) is 128 Å². The molecule has 4 saturated carbocycles. The van der Waals surface area contributed by atoms with E-state index in [1.165, 1.54) is 4.90 Å². The highest BCUT2D eigenvalue weighted by atomic mass is 32.2. The quantitative estimate of drug-likeness (QED) is 0.267. The van der Waals surface area contributed by atoms with E-state index >= 15 is 4.79 Å². The molecule has 3 N–H and O–H groups in total. The summed E-state index contributed by atoms with van der Waals surface area (Å²) in [4.78, 5) is 66.2. The molecule has 4 aliphatic carbocycles. The predicted molar refractivity (Wildman–Crippen MR) is 237 cm³/mol. The minimum atomic E-state index is -4.01. The van der Waals surface area contributed by atoms with E-state index in [2.05, 4.69) is 26.8 Å². The Balaban J connectivity index is 1.05. The molecule has 2 bridgehead atoms. The van der Waals surface area contributed by atoms with Crippen LogP contribution < -0.4 is 24.8 Å². The molecule has 0 radical (unpaired) electrons. The van der Waals surface area contributed by atoms with Gasteiger partial charge in [-0.2, -0.15) is 0 Å². The first-order chi connectivity index (χ1) is 30.9. The van der Waals surface area contributed by atoms with E-state index in [9.17, 15) is 22.8 Å². The number of hydrogen-bond acceptors (Lipinski definition) is 12. The number of nitrogens with zero attached hydrogens (tertiary/aromatic N) is 3. The summed E-state index contributed by atoms with van der Waals surface area (Å²) < 4.78 is 52.7. The summed E-state index contributed by atoms with van der Waals surface area (Å²) in [6, 6.07) is 5.74. The Kier molecular flexibility index (Phi) is 12.9. The number of amides is 4. The second-order valence-corrected chi connectivity index (χ2v) is 21.7. The number of sulfonamides is 1. The van der Waals surface area contributed by atoms with Crippen LogP contribution >= 0.6 is 0 Å². The molecule has 2 saturated heterocycles. The van der Waals surface area contributed by atoms with Gasteiger partial charge in [0, 0.05) is 37.4 Å². The van der Waals surface area contributed by atoms with Gasteiger partial charge < -0.3 is 34.5 Å². The van der Waals surface area contributed by atoms with E-state index in [4.69, 9.17) is 23.9 Å². The zero-order chi connectivity index (χ0) is 44.6. The molecule has 17 heteroatoms. The van der Waals surface area contributed by atoms with Crippen LogP contribution in [0.4, 0.5) is 4.79 Å². The fourth-order valence-electron chi connectivity index (χ4n) is 10.3.